The van der Waals surface area contributed by atoms with E-state index in [-0.39, 0.29) is 17.1 Å². The quantitative estimate of drug-likeness (QED) is 0.895. The number of hydrogen-bond acceptors (Lipinski definition) is 3. The van der Waals surface area contributed by atoms with Gasteiger partial charge < -0.3 is 5.11 Å². The van der Waals surface area contributed by atoms with Crippen LogP contribution in [0.2, 0.25) is 0 Å². The van der Waals surface area contributed by atoms with Gasteiger partial charge in [0.2, 0.25) is 0 Å². The molecule has 0 aliphatic heterocycles. The average molecular weight is 373 g/mol. The molecule has 112 valence electrons. The van der Waals surface area contributed by atoms with E-state index in [0.717, 1.165) is 11.8 Å². The van der Waals surface area contributed by atoms with Crippen LogP contribution >= 0.6 is 15.9 Å². The molecule has 2 aromatic carbocycles. The zero-order chi connectivity index (χ0) is 15.6. The number of benzene rings is 2. The predicted octanol–water partition coefficient (Wildman–Crippen LogP) is 3.27. The minimum Gasteiger partial charge on any atom is -0.388 e. The number of halogens is 2. The largest absolute Gasteiger partial charge is 0.388 e. The second-order valence-electron chi connectivity index (χ2n) is 4.80. The van der Waals surface area contributed by atoms with Gasteiger partial charge in [-0.05, 0) is 35.4 Å². The zero-order valence-corrected chi connectivity index (χ0v) is 13.7. The van der Waals surface area contributed by atoms with Gasteiger partial charge in [-0.1, -0.05) is 34.1 Å². The molecule has 0 aromatic heterocycles. The van der Waals surface area contributed by atoms with Gasteiger partial charge in [-0.3, -0.25) is 0 Å². The average Bonchev–Trinajstić information content (AvgIpc) is 2.41. The van der Waals surface area contributed by atoms with Gasteiger partial charge in [0.25, 0.3) is 0 Å². The molecule has 0 amide bonds. The lowest BCUT2D eigenvalue weighted by Crippen LogP contribution is -2.05. The highest BCUT2D eigenvalue weighted by molar-refractivity contribution is 9.10. The standard InChI is InChI=1S/C15H14BrFO3S/c1-21(19,20)13-4-2-3-11(7-13)15(18)8-10-5-6-12(17)9-14(10)16/h2-7,9,15,18H,8H2,1H3. The lowest BCUT2D eigenvalue weighted by Gasteiger charge is -2.13. The molecule has 0 saturated heterocycles. The van der Waals surface area contributed by atoms with Gasteiger partial charge in [-0.25, -0.2) is 12.8 Å². The Balaban J connectivity index is 2.26. The summed E-state index contributed by atoms with van der Waals surface area (Å²) in [6, 6.07) is 10.4. The second-order valence-corrected chi connectivity index (χ2v) is 7.67. The van der Waals surface area contributed by atoms with Crippen molar-refractivity contribution in [2.75, 3.05) is 6.26 Å². The van der Waals surface area contributed by atoms with Crippen molar-refractivity contribution < 1.29 is 17.9 Å². The number of aliphatic hydroxyl groups is 1. The van der Waals surface area contributed by atoms with E-state index in [1.165, 1.54) is 24.3 Å². The van der Waals surface area contributed by atoms with Crippen molar-refractivity contribution in [3.05, 3.63) is 63.9 Å². The van der Waals surface area contributed by atoms with E-state index in [9.17, 15) is 17.9 Å². The Kier molecular flexibility index (Phi) is 4.81. The molecule has 0 fully saturated rings. The van der Waals surface area contributed by atoms with Gasteiger partial charge in [0.1, 0.15) is 5.82 Å². The fourth-order valence-corrected chi connectivity index (χ4v) is 3.15. The summed E-state index contributed by atoms with van der Waals surface area (Å²) in [6.45, 7) is 0. The third-order valence-electron chi connectivity index (χ3n) is 3.10. The van der Waals surface area contributed by atoms with Crippen LogP contribution in [0, 0.1) is 5.82 Å². The predicted molar refractivity (Wildman–Crippen MR) is 82.3 cm³/mol. The Morgan fingerprint density at radius 2 is 1.95 bits per heavy atom. The van der Waals surface area contributed by atoms with Crippen molar-refractivity contribution in [3.8, 4) is 0 Å². The Labute approximate surface area is 131 Å². The topological polar surface area (TPSA) is 54.4 Å². The van der Waals surface area contributed by atoms with Gasteiger partial charge in [0.05, 0.1) is 11.0 Å². The Morgan fingerprint density at radius 1 is 1.24 bits per heavy atom. The van der Waals surface area contributed by atoms with Crippen molar-refractivity contribution in [1.29, 1.82) is 0 Å². The minimum atomic E-state index is -3.32. The Bertz CT molecular complexity index is 759. The molecule has 0 aliphatic rings. The van der Waals surface area contributed by atoms with E-state index in [4.69, 9.17) is 0 Å². The second kappa shape index (κ2) is 6.25. The minimum absolute atomic E-state index is 0.164. The van der Waals surface area contributed by atoms with Crippen molar-refractivity contribution in [1.82, 2.24) is 0 Å². The molecule has 0 spiro atoms. The first-order valence-electron chi connectivity index (χ1n) is 6.19. The maximum atomic E-state index is 13.0. The lowest BCUT2D eigenvalue weighted by molar-refractivity contribution is 0.178. The van der Waals surface area contributed by atoms with Crippen molar-refractivity contribution in [2.45, 2.75) is 17.4 Å². The van der Waals surface area contributed by atoms with Crippen molar-refractivity contribution >= 4 is 25.8 Å². The van der Waals surface area contributed by atoms with Crippen molar-refractivity contribution in [3.63, 3.8) is 0 Å². The Hall–Kier alpha value is -1.24. The first kappa shape index (κ1) is 16.1. The fraction of sp³-hybridized carbons (Fsp3) is 0.200. The molecule has 6 heteroatoms. The summed E-state index contributed by atoms with van der Waals surface area (Å²) in [4.78, 5) is 0.164. The van der Waals surface area contributed by atoms with Gasteiger partial charge >= 0.3 is 0 Å². The summed E-state index contributed by atoms with van der Waals surface area (Å²) in [6.07, 6.45) is 0.511. The summed E-state index contributed by atoms with van der Waals surface area (Å²) in [5, 5.41) is 10.2. The van der Waals surface area contributed by atoms with Crippen LogP contribution in [0.1, 0.15) is 17.2 Å². The van der Waals surface area contributed by atoms with E-state index in [1.807, 2.05) is 0 Å². The molecular weight excluding hydrogens is 359 g/mol. The summed E-state index contributed by atoms with van der Waals surface area (Å²) in [7, 11) is -3.32. The first-order chi connectivity index (χ1) is 9.77. The van der Waals surface area contributed by atoms with E-state index in [2.05, 4.69) is 15.9 Å². The number of rotatable bonds is 4. The fourth-order valence-electron chi connectivity index (χ4n) is 1.97. The summed E-state index contributed by atoms with van der Waals surface area (Å²) in [5.74, 6) is -0.362. The van der Waals surface area contributed by atoms with Crippen LogP contribution in [-0.2, 0) is 16.3 Å². The summed E-state index contributed by atoms with van der Waals surface area (Å²) in [5.41, 5.74) is 1.25. The molecule has 2 rings (SSSR count). The van der Waals surface area contributed by atoms with E-state index in [1.54, 1.807) is 18.2 Å². The third kappa shape index (κ3) is 4.12. The number of hydrogen-bond donors (Lipinski definition) is 1. The number of sulfone groups is 1. The van der Waals surface area contributed by atoms with Gasteiger partial charge in [0, 0.05) is 17.1 Å². The van der Waals surface area contributed by atoms with Crippen LogP contribution < -0.4 is 0 Å². The molecule has 3 nitrogen and oxygen atoms in total. The van der Waals surface area contributed by atoms with Gasteiger partial charge in [-0.2, -0.15) is 0 Å². The van der Waals surface area contributed by atoms with E-state index in [0.29, 0.717) is 10.0 Å². The molecule has 2 aromatic rings. The molecule has 1 atom stereocenters. The molecule has 1 N–H and O–H groups in total. The van der Waals surface area contributed by atoms with E-state index >= 15 is 0 Å². The van der Waals surface area contributed by atoms with Crippen molar-refractivity contribution in [2.24, 2.45) is 0 Å². The normalized spacial score (nSPS) is 13.1. The molecular formula is C15H14BrFO3S. The van der Waals surface area contributed by atoms with Crippen LogP contribution in [0.25, 0.3) is 0 Å². The molecule has 0 bridgehead atoms. The molecule has 0 heterocycles. The highest BCUT2D eigenvalue weighted by atomic mass is 79.9. The monoisotopic (exact) mass is 372 g/mol. The maximum absolute atomic E-state index is 13.0. The van der Waals surface area contributed by atoms with Crippen LogP contribution in [0.5, 0.6) is 0 Å². The van der Waals surface area contributed by atoms with Crippen LogP contribution in [0.4, 0.5) is 4.39 Å². The lowest BCUT2D eigenvalue weighted by atomic mass is 10.0. The molecule has 21 heavy (non-hydrogen) atoms. The molecule has 0 radical (unpaired) electrons. The smallest absolute Gasteiger partial charge is 0.175 e. The first-order valence-corrected chi connectivity index (χ1v) is 8.88. The molecule has 0 saturated carbocycles. The van der Waals surface area contributed by atoms with Gasteiger partial charge in [0.15, 0.2) is 9.84 Å². The summed E-state index contributed by atoms with van der Waals surface area (Å²) >= 11 is 3.25. The van der Waals surface area contributed by atoms with Crippen LogP contribution in [-0.4, -0.2) is 19.8 Å². The summed E-state index contributed by atoms with van der Waals surface area (Å²) < 4.78 is 36.7. The zero-order valence-electron chi connectivity index (χ0n) is 11.3. The van der Waals surface area contributed by atoms with Crippen LogP contribution in [0.3, 0.4) is 0 Å². The third-order valence-corrected chi connectivity index (χ3v) is 4.95. The number of aliphatic hydroxyl groups excluding tert-OH is 1. The van der Waals surface area contributed by atoms with Crippen LogP contribution in [0.15, 0.2) is 51.8 Å². The highest BCUT2D eigenvalue weighted by Crippen LogP contribution is 2.25. The maximum Gasteiger partial charge on any atom is 0.175 e. The highest BCUT2D eigenvalue weighted by Gasteiger charge is 2.14. The van der Waals surface area contributed by atoms with Gasteiger partial charge in [-0.15, -0.1) is 0 Å². The Morgan fingerprint density at radius 3 is 2.57 bits per heavy atom. The molecule has 1 unspecified atom stereocenters. The van der Waals surface area contributed by atoms with E-state index < -0.39 is 15.9 Å². The SMILES string of the molecule is CS(=O)(=O)c1cccc(C(O)Cc2ccc(F)cc2Br)c1. The molecule has 0 aliphatic carbocycles.